The van der Waals surface area contributed by atoms with Gasteiger partial charge in [-0.2, -0.15) is 0 Å². The number of rotatable bonds is 3. The van der Waals surface area contributed by atoms with E-state index < -0.39 is 5.97 Å². The average molecular weight is 300 g/mol. The van der Waals surface area contributed by atoms with Crippen molar-refractivity contribution in [3.63, 3.8) is 0 Å². The molecule has 0 bridgehead atoms. The number of thiazole rings is 1. The highest BCUT2D eigenvalue weighted by atomic mass is 32.2. The van der Waals surface area contributed by atoms with Gasteiger partial charge in [0.15, 0.2) is 15.8 Å². The van der Waals surface area contributed by atoms with Gasteiger partial charge in [-0.3, -0.25) is 14.5 Å². The fourth-order valence-electron chi connectivity index (χ4n) is 1.86. The van der Waals surface area contributed by atoms with Gasteiger partial charge in [0.1, 0.15) is 0 Å². The highest BCUT2D eigenvalue weighted by Crippen LogP contribution is 2.31. The van der Waals surface area contributed by atoms with Gasteiger partial charge >= 0.3 is 5.97 Å². The van der Waals surface area contributed by atoms with E-state index in [0.29, 0.717) is 17.2 Å². The zero-order valence-electron chi connectivity index (χ0n) is 10.4. The van der Waals surface area contributed by atoms with Gasteiger partial charge in [-0.15, -0.1) is 11.3 Å². The van der Waals surface area contributed by atoms with Crippen LogP contribution in [0.15, 0.2) is 5.51 Å². The van der Waals surface area contributed by atoms with Crippen LogP contribution in [0.1, 0.15) is 23.0 Å². The first-order valence-corrected chi connectivity index (χ1v) is 7.28. The van der Waals surface area contributed by atoms with Crippen LogP contribution in [0.4, 0.5) is 5.82 Å². The second-order valence-corrected chi connectivity index (χ2v) is 6.27. The third-order valence-corrected chi connectivity index (χ3v) is 4.37. The highest BCUT2D eigenvalue weighted by Gasteiger charge is 2.35. The lowest BCUT2D eigenvalue weighted by molar-refractivity contribution is -0.117. The molecule has 1 amide bonds. The Kier molecular flexibility index (Phi) is 4.20. The van der Waals surface area contributed by atoms with Gasteiger partial charge in [0.05, 0.1) is 12.6 Å². The van der Waals surface area contributed by atoms with E-state index in [1.165, 1.54) is 24.4 Å². The summed E-state index contributed by atoms with van der Waals surface area (Å²) in [6.07, 6.45) is 0.280. The normalized spacial score (nSPS) is 18.7. The molecular weight excluding hydrogens is 288 g/mol. The van der Waals surface area contributed by atoms with E-state index in [-0.39, 0.29) is 22.7 Å². The molecule has 2 heterocycles. The maximum Gasteiger partial charge on any atom is 0.351 e. The summed E-state index contributed by atoms with van der Waals surface area (Å²) in [5.74, 6) is -0.309. The van der Waals surface area contributed by atoms with Gasteiger partial charge in [0, 0.05) is 25.1 Å². The molecule has 1 aromatic rings. The lowest BCUT2D eigenvalue weighted by Gasteiger charge is -2.14. The Morgan fingerprint density at radius 3 is 2.95 bits per heavy atom. The Bertz CT molecular complexity index is 529. The zero-order valence-corrected chi connectivity index (χ0v) is 12.0. The van der Waals surface area contributed by atoms with Crippen molar-refractivity contribution in [3.8, 4) is 0 Å². The van der Waals surface area contributed by atoms with Crippen LogP contribution in [-0.2, 0) is 14.3 Å². The monoisotopic (exact) mass is 300 g/mol. The topological polar surface area (TPSA) is 76.6 Å². The molecule has 102 valence electrons. The van der Waals surface area contributed by atoms with Crippen LogP contribution >= 0.6 is 23.1 Å². The fraction of sp³-hybridized carbons (Fsp3) is 0.455. The fourth-order valence-corrected chi connectivity index (χ4v) is 3.48. The van der Waals surface area contributed by atoms with Crippen molar-refractivity contribution in [1.29, 1.82) is 0 Å². The number of carbonyl (C=O) groups excluding carboxylic acids is 3. The van der Waals surface area contributed by atoms with E-state index in [9.17, 15) is 14.4 Å². The molecule has 0 saturated carbocycles. The minimum absolute atomic E-state index is 0.0221. The maximum absolute atomic E-state index is 11.9. The summed E-state index contributed by atoms with van der Waals surface area (Å²) in [5.41, 5.74) is 1.50. The molecular formula is C11H12N2O4S2. The van der Waals surface area contributed by atoms with Crippen LogP contribution in [0.3, 0.4) is 0 Å². The summed E-state index contributed by atoms with van der Waals surface area (Å²) in [4.78, 5) is 40.4. The molecule has 1 fully saturated rings. The SMILES string of the molecule is COC(=O)c1scnc1N1CC(SC(C)=O)CC1=O. The van der Waals surface area contributed by atoms with E-state index in [0.717, 1.165) is 23.1 Å². The van der Waals surface area contributed by atoms with Crippen molar-refractivity contribution in [1.82, 2.24) is 4.98 Å². The quantitative estimate of drug-likeness (QED) is 0.783. The van der Waals surface area contributed by atoms with E-state index in [1.807, 2.05) is 0 Å². The molecule has 0 N–H and O–H groups in total. The van der Waals surface area contributed by atoms with Gasteiger partial charge in [0.2, 0.25) is 5.91 Å². The minimum atomic E-state index is -0.507. The molecule has 0 aliphatic carbocycles. The summed E-state index contributed by atoms with van der Waals surface area (Å²) in [7, 11) is 1.28. The van der Waals surface area contributed by atoms with Gasteiger partial charge in [-0.05, 0) is 0 Å². The second-order valence-electron chi connectivity index (χ2n) is 3.94. The number of esters is 1. The van der Waals surface area contributed by atoms with E-state index in [1.54, 1.807) is 0 Å². The van der Waals surface area contributed by atoms with Crippen molar-refractivity contribution in [2.24, 2.45) is 0 Å². The van der Waals surface area contributed by atoms with Crippen LogP contribution in [0, 0.1) is 0 Å². The molecule has 19 heavy (non-hydrogen) atoms. The third-order valence-electron chi connectivity index (χ3n) is 2.60. The first kappa shape index (κ1) is 14.0. The minimum Gasteiger partial charge on any atom is -0.465 e. The molecule has 1 aliphatic rings. The number of hydrogen-bond donors (Lipinski definition) is 0. The predicted molar refractivity (Wildman–Crippen MR) is 72.5 cm³/mol. The average Bonchev–Trinajstić information content (AvgIpc) is 2.93. The third kappa shape index (κ3) is 2.95. The molecule has 0 spiro atoms. The van der Waals surface area contributed by atoms with Crippen LogP contribution in [0.25, 0.3) is 0 Å². The Balaban J connectivity index is 2.19. The molecule has 6 nitrogen and oxygen atoms in total. The van der Waals surface area contributed by atoms with Crippen LogP contribution < -0.4 is 4.90 Å². The number of carbonyl (C=O) groups is 3. The first-order valence-electron chi connectivity index (χ1n) is 5.52. The van der Waals surface area contributed by atoms with E-state index in [4.69, 9.17) is 0 Å². The first-order chi connectivity index (χ1) is 9.02. The molecule has 0 aromatic carbocycles. The smallest absolute Gasteiger partial charge is 0.351 e. The van der Waals surface area contributed by atoms with E-state index >= 15 is 0 Å². The Hall–Kier alpha value is -1.41. The number of methoxy groups -OCH3 is 1. The van der Waals surface area contributed by atoms with Gasteiger partial charge in [-0.1, -0.05) is 11.8 Å². The lowest BCUT2D eigenvalue weighted by Crippen LogP contribution is -2.27. The van der Waals surface area contributed by atoms with Gasteiger partial charge in [-0.25, -0.2) is 9.78 Å². The molecule has 1 unspecified atom stereocenters. The number of anilines is 1. The molecule has 1 aromatic heterocycles. The summed E-state index contributed by atoms with van der Waals surface area (Å²) in [6.45, 7) is 1.86. The van der Waals surface area contributed by atoms with Crippen molar-refractivity contribution in [2.75, 3.05) is 18.6 Å². The Morgan fingerprint density at radius 2 is 2.32 bits per heavy atom. The summed E-state index contributed by atoms with van der Waals surface area (Å²) in [6, 6.07) is 0. The predicted octanol–water partition coefficient (Wildman–Crippen LogP) is 1.31. The molecule has 0 radical (unpaired) electrons. The zero-order chi connectivity index (χ0) is 14.0. The molecule has 1 atom stereocenters. The molecule has 1 saturated heterocycles. The number of hydrogen-bond acceptors (Lipinski definition) is 7. The van der Waals surface area contributed by atoms with Gasteiger partial charge < -0.3 is 4.74 Å². The lowest BCUT2D eigenvalue weighted by atomic mass is 10.4. The summed E-state index contributed by atoms with van der Waals surface area (Å²) >= 11 is 2.28. The molecule has 1 aliphatic heterocycles. The largest absolute Gasteiger partial charge is 0.465 e. The van der Waals surface area contributed by atoms with Gasteiger partial charge in [0.25, 0.3) is 0 Å². The standard InChI is InChI=1S/C11H12N2O4S2/c1-6(14)19-7-3-8(15)13(4-7)10-9(11(16)17-2)18-5-12-10/h5,7H,3-4H2,1-2H3. The number of nitrogens with zero attached hydrogens (tertiary/aromatic N) is 2. The van der Waals surface area contributed by atoms with Crippen molar-refractivity contribution in [2.45, 2.75) is 18.6 Å². The summed E-state index contributed by atoms with van der Waals surface area (Å²) in [5, 5.41) is -0.108. The van der Waals surface area contributed by atoms with E-state index in [2.05, 4.69) is 9.72 Å². The maximum atomic E-state index is 11.9. The number of ether oxygens (including phenoxy) is 1. The number of amides is 1. The summed E-state index contributed by atoms with van der Waals surface area (Å²) < 4.78 is 4.66. The van der Waals surface area contributed by atoms with Crippen LogP contribution in [0.5, 0.6) is 0 Å². The Morgan fingerprint density at radius 1 is 1.58 bits per heavy atom. The Labute approximate surface area is 118 Å². The number of aromatic nitrogens is 1. The second kappa shape index (κ2) is 5.70. The van der Waals surface area contributed by atoms with Crippen molar-refractivity contribution < 1.29 is 19.1 Å². The van der Waals surface area contributed by atoms with Crippen LogP contribution in [0.2, 0.25) is 0 Å². The highest BCUT2D eigenvalue weighted by molar-refractivity contribution is 8.14. The molecule has 8 heteroatoms. The number of thioether (sulfide) groups is 1. The van der Waals surface area contributed by atoms with Crippen molar-refractivity contribution >= 4 is 45.9 Å². The van der Waals surface area contributed by atoms with Crippen LogP contribution in [-0.4, -0.2) is 40.9 Å². The van der Waals surface area contributed by atoms with Crippen molar-refractivity contribution in [3.05, 3.63) is 10.4 Å². The molecule has 2 rings (SSSR count).